The lowest BCUT2D eigenvalue weighted by Gasteiger charge is -2.12. The first-order valence-corrected chi connectivity index (χ1v) is 6.43. The second-order valence-electron chi connectivity index (χ2n) is 4.99. The topological polar surface area (TPSA) is 97.1 Å². The number of carbonyl (C=O) groups excluding carboxylic acids is 1. The third kappa shape index (κ3) is 2.22. The van der Waals surface area contributed by atoms with Crippen LogP contribution in [0.1, 0.15) is 19.3 Å². The molecule has 1 aliphatic carbocycles. The van der Waals surface area contributed by atoms with Crippen molar-refractivity contribution in [1.82, 2.24) is 20.3 Å². The number of hydrogen-bond donors (Lipinski definition) is 2. The Morgan fingerprint density at radius 1 is 1.35 bits per heavy atom. The number of hydrogen-bond acceptors (Lipinski definition) is 4. The number of benzene rings is 1. The molecular weight excluding hydrogens is 260 g/mol. The average Bonchev–Trinajstić information content (AvgIpc) is 3.10. The van der Waals surface area contributed by atoms with Crippen LogP contribution in [0.5, 0.6) is 0 Å². The van der Waals surface area contributed by atoms with Gasteiger partial charge in [0.2, 0.25) is 5.91 Å². The molecule has 0 saturated heterocycles. The molecule has 1 fully saturated rings. The number of nitrogens with zero attached hydrogens (tertiary/aromatic N) is 3. The lowest BCUT2D eigenvalue weighted by Crippen LogP contribution is -2.43. The lowest BCUT2D eigenvalue weighted by molar-refractivity contribution is -0.143. The molecule has 0 bridgehead atoms. The van der Waals surface area contributed by atoms with Crippen molar-refractivity contribution >= 4 is 22.9 Å². The van der Waals surface area contributed by atoms with E-state index in [-0.39, 0.29) is 12.3 Å². The van der Waals surface area contributed by atoms with E-state index in [2.05, 4.69) is 15.6 Å². The van der Waals surface area contributed by atoms with E-state index in [4.69, 9.17) is 5.11 Å². The first-order valence-electron chi connectivity index (χ1n) is 6.43. The number of carbonyl (C=O) groups is 2. The highest BCUT2D eigenvalue weighted by Crippen LogP contribution is 2.35. The number of amides is 1. The van der Waals surface area contributed by atoms with Crippen molar-refractivity contribution in [2.45, 2.75) is 31.3 Å². The van der Waals surface area contributed by atoms with Crippen LogP contribution < -0.4 is 5.32 Å². The van der Waals surface area contributed by atoms with E-state index in [1.165, 1.54) is 0 Å². The Morgan fingerprint density at radius 3 is 2.80 bits per heavy atom. The summed E-state index contributed by atoms with van der Waals surface area (Å²) < 4.78 is 1.65. The molecule has 7 nitrogen and oxygen atoms in total. The summed E-state index contributed by atoms with van der Waals surface area (Å²) >= 11 is 0. The van der Waals surface area contributed by atoms with Gasteiger partial charge in [0, 0.05) is 6.42 Å². The monoisotopic (exact) mass is 274 g/mol. The molecule has 0 atom stereocenters. The van der Waals surface area contributed by atoms with Gasteiger partial charge in [0.25, 0.3) is 0 Å². The molecule has 1 amide bonds. The van der Waals surface area contributed by atoms with Gasteiger partial charge >= 0.3 is 5.97 Å². The van der Waals surface area contributed by atoms with Crippen LogP contribution in [-0.4, -0.2) is 37.5 Å². The Bertz CT molecular complexity index is 675. The Morgan fingerprint density at radius 2 is 2.10 bits per heavy atom. The van der Waals surface area contributed by atoms with Gasteiger partial charge in [-0.2, -0.15) is 0 Å². The summed E-state index contributed by atoms with van der Waals surface area (Å²) in [5.41, 5.74) is 0.610. The maximum atomic E-state index is 11.8. The molecule has 0 unspecified atom stereocenters. The summed E-state index contributed by atoms with van der Waals surface area (Å²) in [7, 11) is 0. The van der Waals surface area contributed by atoms with Crippen molar-refractivity contribution in [3.8, 4) is 0 Å². The van der Waals surface area contributed by atoms with E-state index in [9.17, 15) is 9.59 Å². The van der Waals surface area contributed by atoms with Crippen molar-refractivity contribution in [2.75, 3.05) is 0 Å². The van der Waals surface area contributed by atoms with Gasteiger partial charge in [-0.25, -0.2) is 9.48 Å². The van der Waals surface area contributed by atoms with Crippen molar-refractivity contribution in [3.05, 3.63) is 24.3 Å². The van der Waals surface area contributed by atoms with Gasteiger partial charge < -0.3 is 10.4 Å². The number of rotatable bonds is 5. The van der Waals surface area contributed by atoms with Crippen LogP contribution >= 0.6 is 0 Å². The molecular formula is C13H14N4O3. The molecule has 2 N–H and O–H groups in total. The fraction of sp³-hybridized carbons (Fsp3) is 0.385. The van der Waals surface area contributed by atoms with Gasteiger partial charge in [-0.05, 0) is 25.0 Å². The maximum absolute atomic E-state index is 11.8. The fourth-order valence-electron chi connectivity index (χ4n) is 2.14. The molecule has 0 aliphatic heterocycles. The highest BCUT2D eigenvalue weighted by atomic mass is 16.4. The largest absolute Gasteiger partial charge is 0.480 e. The minimum absolute atomic E-state index is 0.183. The number of nitrogens with one attached hydrogen (secondary N) is 1. The van der Waals surface area contributed by atoms with E-state index in [1.807, 2.05) is 24.3 Å². The minimum atomic E-state index is -1.03. The van der Waals surface area contributed by atoms with Gasteiger partial charge in [0.05, 0.1) is 12.1 Å². The molecule has 0 spiro atoms. The third-order valence-electron chi connectivity index (χ3n) is 3.51. The number of para-hydroxylation sites is 1. The quantitative estimate of drug-likeness (QED) is 0.830. The average molecular weight is 274 g/mol. The molecule has 20 heavy (non-hydrogen) atoms. The molecule has 7 heteroatoms. The Balaban J connectivity index is 1.62. The number of aliphatic carboxylic acids is 1. The van der Waals surface area contributed by atoms with Crippen LogP contribution in [0.2, 0.25) is 0 Å². The maximum Gasteiger partial charge on any atom is 0.329 e. The zero-order valence-electron chi connectivity index (χ0n) is 10.7. The molecule has 1 aliphatic rings. The lowest BCUT2D eigenvalue weighted by atomic mass is 10.2. The number of carboxylic acids is 1. The fourth-order valence-corrected chi connectivity index (χ4v) is 2.14. The van der Waals surface area contributed by atoms with Gasteiger partial charge in [0.15, 0.2) is 0 Å². The van der Waals surface area contributed by atoms with Crippen LogP contribution in [-0.2, 0) is 16.1 Å². The second-order valence-corrected chi connectivity index (χ2v) is 4.99. The molecule has 1 aromatic carbocycles. The van der Waals surface area contributed by atoms with Gasteiger partial charge in [-0.15, -0.1) is 5.10 Å². The second kappa shape index (κ2) is 4.59. The van der Waals surface area contributed by atoms with Crippen molar-refractivity contribution < 1.29 is 14.7 Å². The first kappa shape index (κ1) is 12.6. The zero-order valence-corrected chi connectivity index (χ0v) is 10.7. The first-order chi connectivity index (χ1) is 9.61. The number of aromatic nitrogens is 3. The Kier molecular flexibility index (Phi) is 2.89. The minimum Gasteiger partial charge on any atom is -0.480 e. The van der Waals surface area contributed by atoms with Crippen LogP contribution in [0.3, 0.4) is 0 Å². The van der Waals surface area contributed by atoms with E-state index >= 15 is 0 Å². The summed E-state index contributed by atoms with van der Waals surface area (Å²) in [4.78, 5) is 22.8. The Hall–Kier alpha value is -2.44. The molecule has 1 aromatic heterocycles. The SMILES string of the molecule is O=C(CCn1nnc2ccccc21)NC1(C(=O)O)CC1. The van der Waals surface area contributed by atoms with Gasteiger partial charge in [-0.1, -0.05) is 17.3 Å². The number of carboxylic acid groups (broad SMARTS) is 1. The molecule has 0 radical (unpaired) electrons. The van der Waals surface area contributed by atoms with E-state index in [1.54, 1.807) is 4.68 Å². The Labute approximate surface area is 114 Å². The van der Waals surface area contributed by atoms with Crippen LogP contribution in [0.4, 0.5) is 0 Å². The molecule has 2 aromatic rings. The molecule has 1 saturated carbocycles. The van der Waals surface area contributed by atoms with Crippen LogP contribution in [0.15, 0.2) is 24.3 Å². The standard InChI is InChI=1S/C13H14N4O3/c18-11(14-13(6-7-13)12(19)20)5-8-17-10-4-2-1-3-9(10)15-16-17/h1-4H,5-8H2,(H,14,18)(H,19,20). The van der Waals surface area contributed by atoms with Crippen LogP contribution in [0, 0.1) is 0 Å². The highest BCUT2D eigenvalue weighted by molar-refractivity contribution is 5.89. The van der Waals surface area contributed by atoms with E-state index < -0.39 is 11.5 Å². The number of aryl methyl sites for hydroxylation is 1. The smallest absolute Gasteiger partial charge is 0.329 e. The summed E-state index contributed by atoms with van der Waals surface area (Å²) in [5.74, 6) is -1.23. The predicted molar refractivity (Wildman–Crippen MR) is 69.9 cm³/mol. The van der Waals surface area contributed by atoms with Gasteiger partial charge in [0.1, 0.15) is 11.1 Å². The number of fused-ring (bicyclic) bond motifs is 1. The van der Waals surface area contributed by atoms with Crippen molar-refractivity contribution in [1.29, 1.82) is 0 Å². The zero-order chi connectivity index (χ0) is 14.2. The summed E-state index contributed by atoms with van der Waals surface area (Å²) in [6.45, 7) is 0.377. The predicted octanol–water partition coefficient (Wildman–Crippen LogP) is 0.555. The third-order valence-corrected chi connectivity index (χ3v) is 3.51. The molecule has 3 rings (SSSR count). The van der Waals surface area contributed by atoms with Crippen LogP contribution in [0.25, 0.3) is 11.0 Å². The van der Waals surface area contributed by atoms with Gasteiger partial charge in [-0.3, -0.25) is 4.79 Å². The van der Waals surface area contributed by atoms with E-state index in [0.717, 1.165) is 11.0 Å². The van der Waals surface area contributed by atoms with Crippen molar-refractivity contribution in [2.24, 2.45) is 0 Å². The highest BCUT2D eigenvalue weighted by Gasteiger charge is 2.51. The van der Waals surface area contributed by atoms with Crippen molar-refractivity contribution in [3.63, 3.8) is 0 Å². The summed E-state index contributed by atoms with van der Waals surface area (Å²) in [5, 5.41) is 19.6. The normalized spacial score (nSPS) is 16.0. The molecule has 104 valence electrons. The molecule has 1 heterocycles. The van der Waals surface area contributed by atoms with E-state index in [0.29, 0.717) is 19.4 Å². The summed E-state index contributed by atoms with van der Waals surface area (Å²) in [6, 6.07) is 7.49. The summed E-state index contributed by atoms with van der Waals surface area (Å²) in [6.07, 6.45) is 1.18.